The summed E-state index contributed by atoms with van der Waals surface area (Å²) in [5.41, 5.74) is 1.30. The van der Waals surface area contributed by atoms with E-state index >= 15 is 0 Å². The second-order valence-electron chi connectivity index (χ2n) is 3.63. The van der Waals surface area contributed by atoms with E-state index in [1.165, 1.54) is 12.5 Å². The van der Waals surface area contributed by atoms with Crippen molar-refractivity contribution in [1.29, 1.82) is 0 Å². The van der Waals surface area contributed by atoms with E-state index in [4.69, 9.17) is 4.42 Å². The quantitative estimate of drug-likeness (QED) is 0.758. The van der Waals surface area contributed by atoms with Crippen LogP contribution in [-0.4, -0.2) is 10.2 Å². The summed E-state index contributed by atoms with van der Waals surface area (Å²) in [6.07, 6.45) is 1.23. The summed E-state index contributed by atoms with van der Waals surface area (Å²) in [5, 5.41) is 7.27. The standard InChI is InChI=1S/C11H11FN2O/c1-7(2)9-4-3-8(5-10(9)12)11-14-13-6-15-11/h3-7H,1-2H3. The molecule has 0 bridgehead atoms. The maximum Gasteiger partial charge on any atom is 0.247 e. The Balaban J connectivity index is 2.42. The molecule has 0 radical (unpaired) electrons. The molecule has 4 heteroatoms. The maximum absolute atomic E-state index is 13.6. The monoisotopic (exact) mass is 206 g/mol. The molecule has 0 fully saturated rings. The fourth-order valence-corrected chi connectivity index (χ4v) is 1.43. The SMILES string of the molecule is CC(C)c1ccc(-c2nnco2)cc1F. The van der Waals surface area contributed by atoms with Gasteiger partial charge < -0.3 is 4.42 Å². The second-order valence-corrected chi connectivity index (χ2v) is 3.63. The highest BCUT2D eigenvalue weighted by atomic mass is 19.1. The van der Waals surface area contributed by atoms with Gasteiger partial charge in [-0.25, -0.2) is 4.39 Å². The van der Waals surface area contributed by atoms with E-state index in [2.05, 4.69) is 10.2 Å². The van der Waals surface area contributed by atoms with Gasteiger partial charge in [0.25, 0.3) is 0 Å². The lowest BCUT2D eigenvalue weighted by Crippen LogP contribution is -1.93. The van der Waals surface area contributed by atoms with Gasteiger partial charge in [-0.3, -0.25) is 0 Å². The van der Waals surface area contributed by atoms with Crippen LogP contribution in [0.15, 0.2) is 29.0 Å². The predicted molar refractivity (Wildman–Crippen MR) is 53.8 cm³/mol. The maximum atomic E-state index is 13.6. The zero-order valence-electron chi connectivity index (χ0n) is 8.57. The average molecular weight is 206 g/mol. The number of hydrogen-bond donors (Lipinski definition) is 0. The fraction of sp³-hybridized carbons (Fsp3) is 0.273. The first-order valence-corrected chi connectivity index (χ1v) is 4.74. The third kappa shape index (κ3) is 1.88. The first-order chi connectivity index (χ1) is 7.18. The number of rotatable bonds is 2. The molecule has 0 aliphatic heterocycles. The third-order valence-electron chi connectivity index (χ3n) is 2.23. The van der Waals surface area contributed by atoms with Gasteiger partial charge in [0.15, 0.2) is 0 Å². The van der Waals surface area contributed by atoms with E-state index in [-0.39, 0.29) is 11.7 Å². The fourth-order valence-electron chi connectivity index (χ4n) is 1.43. The summed E-state index contributed by atoms with van der Waals surface area (Å²) in [4.78, 5) is 0. The Bertz CT molecular complexity index is 452. The summed E-state index contributed by atoms with van der Waals surface area (Å²) in [5.74, 6) is 0.270. The van der Waals surface area contributed by atoms with Crippen LogP contribution in [0.5, 0.6) is 0 Å². The van der Waals surface area contributed by atoms with Crippen molar-refractivity contribution in [3.8, 4) is 11.5 Å². The molecular weight excluding hydrogens is 195 g/mol. The first kappa shape index (κ1) is 9.83. The van der Waals surface area contributed by atoms with E-state index < -0.39 is 0 Å². The molecule has 1 heterocycles. The van der Waals surface area contributed by atoms with Crippen LogP contribution in [0.25, 0.3) is 11.5 Å². The Labute approximate surface area is 87.0 Å². The zero-order chi connectivity index (χ0) is 10.8. The van der Waals surface area contributed by atoms with Crippen molar-refractivity contribution in [2.75, 3.05) is 0 Å². The lowest BCUT2D eigenvalue weighted by molar-refractivity contribution is 0.565. The molecular formula is C11H11FN2O. The Morgan fingerprint density at radius 3 is 2.67 bits per heavy atom. The van der Waals surface area contributed by atoms with Crippen molar-refractivity contribution < 1.29 is 8.81 Å². The number of benzene rings is 1. The van der Waals surface area contributed by atoms with Gasteiger partial charge in [0.1, 0.15) is 5.82 Å². The number of hydrogen-bond acceptors (Lipinski definition) is 3. The van der Waals surface area contributed by atoms with Crippen molar-refractivity contribution in [2.45, 2.75) is 19.8 Å². The second kappa shape index (κ2) is 3.81. The summed E-state index contributed by atoms with van der Waals surface area (Å²) in [7, 11) is 0. The van der Waals surface area contributed by atoms with Crippen LogP contribution in [-0.2, 0) is 0 Å². The number of halogens is 1. The molecule has 0 N–H and O–H groups in total. The highest BCUT2D eigenvalue weighted by Crippen LogP contribution is 2.23. The number of aromatic nitrogens is 2. The van der Waals surface area contributed by atoms with Gasteiger partial charge >= 0.3 is 0 Å². The normalized spacial score (nSPS) is 10.9. The molecule has 0 amide bonds. The minimum atomic E-state index is -0.235. The molecule has 78 valence electrons. The summed E-state index contributed by atoms with van der Waals surface area (Å²) in [6.45, 7) is 3.90. The van der Waals surface area contributed by atoms with Gasteiger partial charge in [-0.1, -0.05) is 19.9 Å². The van der Waals surface area contributed by atoms with Crippen LogP contribution < -0.4 is 0 Å². The predicted octanol–water partition coefficient (Wildman–Crippen LogP) is 3.00. The molecule has 1 aromatic heterocycles. The molecule has 0 saturated carbocycles. The topological polar surface area (TPSA) is 38.9 Å². The molecule has 0 atom stereocenters. The van der Waals surface area contributed by atoms with Crippen molar-refractivity contribution in [1.82, 2.24) is 10.2 Å². The summed E-state index contributed by atoms with van der Waals surface area (Å²) < 4.78 is 18.6. The summed E-state index contributed by atoms with van der Waals surface area (Å²) in [6, 6.07) is 4.95. The Morgan fingerprint density at radius 2 is 2.13 bits per heavy atom. The van der Waals surface area contributed by atoms with Gasteiger partial charge in [0.2, 0.25) is 12.3 Å². The van der Waals surface area contributed by atoms with E-state index in [1.807, 2.05) is 13.8 Å². The first-order valence-electron chi connectivity index (χ1n) is 4.74. The van der Waals surface area contributed by atoms with Crippen molar-refractivity contribution in [3.05, 3.63) is 36.0 Å². The van der Waals surface area contributed by atoms with Crippen LogP contribution >= 0.6 is 0 Å². The molecule has 2 rings (SSSR count). The Hall–Kier alpha value is -1.71. The molecule has 0 unspecified atom stereocenters. The molecule has 0 spiro atoms. The van der Waals surface area contributed by atoms with Crippen LogP contribution in [0.4, 0.5) is 4.39 Å². The molecule has 3 nitrogen and oxygen atoms in total. The van der Waals surface area contributed by atoms with Crippen molar-refractivity contribution in [3.63, 3.8) is 0 Å². The largest absolute Gasteiger partial charge is 0.423 e. The van der Waals surface area contributed by atoms with E-state index in [1.54, 1.807) is 12.1 Å². The van der Waals surface area contributed by atoms with Crippen LogP contribution in [0.3, 0.4) is 0 Å². The minimum absolute atomic E-state index is 0.168. The van der Waals surface area contributed by atoms with E-state index in [9.17, 15) is 4.39 Å². The van der Waals surface area contributed by atoms with E-state index in [0.29, 0.717) is 17.0 Å². The zero-order valence-corrected chi connectivity index (χ0v) is 8.57. The van der Waals surface area contributed by atoms with Gasteiger partial charge in [0, 0.05) is 5.56 Å². The molecule has 2 aromatic rings. The molecule has 0 saturated heterocycles. The molecule has 0 aliphatic rings. The third-order valence-corrected chi connectivity index (χ3v) is 2.23. The lowest BCUT2D eigenvalue weighted by Gasteiger charge is -2.06. The van der Waals surface area contributed by atoms with Gasteiger partial charge in [-0.2, -0.15) is 0 Å². The lowest BCUT2D eigenvalue weighted by atomic mass is 10.0. The van der Waals surface area contributed by atoms with Gasteiger partial charge in [-0.05, 0) is 23.6 Å². The molecule has 0 aliphatic carbocycles. The highest BCUT2D eigenvalue weighted by Gasteiger charge is 2.10. The van der Waals surface area contributed by atoms with Gasteiger partial charge in [-0.15, -0.1) is 10.2 Å². The Morgan fingerprint density at radius 1 is 1.33 bits per heavy atom. The Kier molecular flexibility index (Phi) is 2.49. The smallest absolute Gasteiger partial charge is 0.247 e. The molecule has 1 aromatic carbocycles. The van der Waals surface area contributed by atoms with Gasteiger partial charge in [0.05, 0.1) is 0 Å². The highest BCUT2D eigenvalue weighted by molar-refractivity contribution is 5.53. The summed E-state index contributed by atoms with van der Waals surface area (Å²) >= 11 is 0. The van der Waals surface area contributed by atoms with Crippen molar-refractivity contribution >= 4 is 0 Å². The number of nitrogens with zero attached hydrogens (tertiary/aromatic N) is 2. The minimum Gasteiger partial charge on any atom is -0.423 e. The van der Waals surface area contributed by atoms with E-state index in [0.717, 1.165) is 0 Å². The van der Waals surface area contributed by atoms with Crippen molar-refractivity contribution in [2.24, 2.45) is 0 Å². The van der Waals surface area contributed by atoms with Crippen LogP contribution in [0, 0.1) is 5.82 Å². The molecule has 15 heavy (non-hydrogen) atoms. The average Bonchev–Trinajstić information content (AvgIpc) is 2.69. The van der Waals surface area contributed by atoms with Crippen LogP contribution in [0.1, 0.15) is 25.3 Å². The van der Waals surface area contributed by atoms with Crippen LogP contribution in [0.2, 0.25) is 0 Å².